The summed E-state index contributed by atoms with van der Waals surface area (Å²) < 4.78 is 6.99. The maximum atomic E-state index is 12.9. The maximum Gasteiger partial charge on any atom is 0.252 e. The molecular formula is C21H25N5O2. The summed E-state index contributed by atoms with van der Waals surface area (Å²) in [5, 5.41) is 4.21. The largest absolute Gasteiger partial charge is 0.497 e. The molecule has 2 aromatic heterocycles. The average Bonchev–Trinajstić information content (AvgIpc) is 3.16. The molecular weight excluding hydrogens is 354 g/mol. The van der Waals surface area contributed by atoms with Gasteiger partial charge in [-0.2, -0.15) is 10.1 Å². The summed E-state index contributed by atoms with van der Waals surface area (Å²) in [7, 11) is 1.64. The lowest BCUT2D eigenvalue weighted by atomic mass is 10.1. The topological polar surface area (TPSA) is 72.6 Å². The minimum Gasteiger partial charge on any atom is -0.497 e. The molecule has 0 radical (unpaired) electrons. The van der Waals surface area contributed by atoms with Crippen molar-refractivity contribution >= 4 is 11.7 Å². The molecule has 1 amide bonds. The van der Waals surface area contributed by atoms with E-state index in [4.69, 9.17) is 4.74 Å². The number of amides is 1. The second-order valence-electron chi connectivity index (χ2n) is 6.65. The Labute approximate surface area is 164 Å². The van der Waals surface area contributed by atoms with Crippen LogP contribution in [-0.4, -0.2) is 44.0 Å². The van der Waals surface area contributed by atoms with Crippen LogP contribution in [0.4, 0.5) is 0 Å². The number of nitrogens with zero attached hydrogens (tertiary/aromatic N) is 5. The van der Waals surface area contributed by atoms with Gasteiger partial charge in [0.2, 0.25) is 5.91 Å². The van der Waals surface area contributed by atoms with E-state index in [1.807, 2.05) is 38.1 Å². The first-order chi connectivity index (χ1) is 13.5. The Kier molecular flexibility index (Phi) is 6.03. The summed E-state index contributed by atoms with van der Waals surface area (Å²) in [4.78, 5) is 23.3. The molecule has 7 nitrogen and oxygen atoms in total. The van der Waals surface area contributed by atoms with Gasteiger partial charge in [-0.05, 0) is 43.5 Å². The number of rotatable bonds is 8. The highest BCUT2D eigenvalue weighted by Crippen LogP contribution is 2.18. The lowest BCUT2D eigenvalue weighted by Gasteiger charge is -2.22. The number of aryl methyl sites for hydroxylation is 2. The molecule has 3 rings (SSSR count). The summed E-state index contributed by atoms with van der Waals surface area (Å²) in [6.07, 6.45) is 4.23. The van der Waals surface area contributed by atoms with Crippen LogP contribution in [0, 0.1) is 13.8 Å². The summed E-state index contributed by atoms with van der Waals surface area (Å²) in [6.45, 7) is 8.72. The fraction of sp³-hybridized carbons (Fsp3) is 0.333. The fourth-order valence-corrected chi connectivity index (χ4v) is 3.31. The SMILES string of the molecule is C=CCN(Cc1cccc(OC)c1)C(=O)CCc1c(C)nc2ncnn2c1C. The second-order valence-corrected chi connectivity index (χ2v) is 6.65. The number of benzene rings is 1. The van der Waals surface area contributed by atoms with E-state index in [1.165, 1.54) is 6.33 Å². The molecule has 28 heavy (non-hydrogen) atoms. The van der Waals surface area contributed by atoms with Crippen LogP contribution in [0.3, 0.4) is 0 Å². The van der Waals surface area contributed by atoms with Crippen molar-refractivity contribution in [1.29, 1.82) is 0 Å². The van der Waals surface area contributed by atoms with Crippen molar-refractivity contribution < 1.29 is 9.53 Å². The van der Waals surface area contributed by atoms with Crippen LogP contribution >= 0.6 is 0 Å². The Morgan fingerprint density at radius 2 is 2.18 bits per heavy atom. The summed E-state index contributed by atoms with van der Waals surface area (Å²) in [5.74, 6) is 1.43. The first-order valence-electron chi connectivity index (χ1n) is 9.21. The van der Waals surface area contributed by atoms with Crippen LogP contribution in [0.15, 0.2) is 43.2 Å². The molecule has 146 valence electrons. The highest BCUT2D eigenvalue weighted by molar-refractivity contribution is 5.76. The Balaban J connectivity index is 1.73. The number of ether oxygens (including phenoxy) is 1. The molecule has 0 aliphatic carbocycles. The standard InChI is InChI=1S/C21H25N5O2/c1-5-11-25(13-17-7-6-8-18(12-17)28-4)20(27)10-9-19-15(2)24-21-22-14-23-26(21)16(19)3/h5-8,12,14H,1,9-11,13H2,2-4H3. The highest BCUT2D eigenvalue weighted by atomic mass is 16.5. The van der Waals surface area contributed by atoms with Crippen LogP contribution in [0.5, 0.6) is 5.75 Å². The normalized spacial score (nSPS) is 10.8. The molecule has 0 saturated carbocycles. The van der Waals surface area contributed by atoms with E-state index in [1.54, 1.807) is 22.6 Å². The predicted molar refractivity (Wildman–Crippen MR) is 107 cm³/mol. The zero-order valence-corrected chi connectivity index (χ0v) is 16.6. The third-order valence-electron chi connectivity index (χ3n) is 4.79. The molecule has 3 aromatic rings. The second kappa shape index (κ2) is 8.65. The zero-order chi connectivity index (χ0) is 20.1. The molecule has 1 aromatic carbocycles. The molecule has 0 aliphatic rings. The van der Waals surface area contributed by atoms with Crippen molar-refractivity contribution in [3.05, 3.63) is 65.8 Å². The fourth-order valence-electron chi connectivity index (χ4n) is 3.31. The van der Waals surface area contributed by atoms with E-state index in [0.717, 1.165) is 28.3 Å². The number of fused-ring (bicyclic) bond motifs is 1. The molecule has 0 unspecified atom stereocenters. The van der Waals surface area contributed by atoms with Crippen molar-refractivity contribution in [3.63, 3.8) is 0 Å². The minimum atomic E-state index is 0.0696. The number of carbonyl (C=O) groups excluding carboxylic acids is 1. The highest BCUT2D eigenvalue weighted by Gasteiger charge is 2.16. The molecule has 2 heterocycles. The van der Waals surface area contributed by atoms with Crippen molar-refractivity contribution in [3.8, 4) is 5.75 Å². The van der Waals surface area contributed by atoms with Gasteiger partial charge in [0.25, 0.3) is 5.78 Å². The Bertz CT molecular complexity index is 996. The monoisotopic (exact) mass is 379 g/mol. The molecule has 0 N–H and O–H groups in total. The van der Waals surface area contributed by atoms with E-state index in [0.29, 0.717) is 31.7 Å². The molecule has 0 fully saturated rings. The van der Waals surface area contributed by atoms with Gasteiger partial charge in [0.1, 0.15) is 12.1 Å². The molecule has 7 heteroatoms. The number of hydrogen-bond donors (Lipinski definition) is 0. The van der Waals surface area contributed by atoms with Gasteiger partial charge in [-0.1, -0.05) is 18.2 Å². The zero-order valence-electron chi connectivity index (χ0n) is 16.6. The van der Waals surface area contributed by atoms with E-state index >= 15 is 0 Å². The van der Waals surface area contributed by atoms with Gasteiger partial charge in [-0.3, -0.25) is 4.79 Å². The van der Waals surface area contributed by atoms with Crippen molar-refractivity contribution in [2.45, 2.75) is 33.2 Å². The summed E-state index contributed by atoms with van der Waals surface area (Å²) in [5.41, 5.74) is 3.91. The molecule has 0 bridgehead atoms. The van der Waals surface area contributed by atoms with Crippen molar-refractivity contribution in [1.82, 2.24) is 24.5 Å². The van der Waals surface area contributed by atoms with Gasteiger partial charge in [0, 0.05) is 30.9 Å². The van der Waals surface area contributed by atoms with Crippen LogP contribution in [-0.2, 0) is 17.8 Å². The van der Waals surface area contributed by atoms with E-state index < -0.39 is 0 Å². The smallest absolute Gasteiger partial charge is 0.252 e. The van der Waals surface area contributed by atoms with Gasteiger partial charge < -0.3 is 9.64 Å². The Morgan fingerprint density at radius 3 is 2.93 bits per heavy atom. The first-order valence-corrected chi connectivity index (χ1v) is 9.21. The van der Waals surface area contributed by atoms with E-state index in [-0.39, 0.29) is 5.91 Å². The lowest BCUT2D eigenvalue weighted by molar-refractivity contribution is -0.131. The van der Waals surface area contributed by atoms with Gasteiger partial charge in [-0.25, -0.2) is 9.50 Å². The van der Waals surface area contributed by atoms with Crippen LogP contribution in [0.2, 0.25) is 0 Å². The number of carbonyl (C=O) groups is 1. The molecule has 0 saturated heterocycles. The first kappa shape index (κ1) is 19.5. The van der Waals surface area contributed by atoms with Crippen molar-refractivity contribution in [2.75, 3.05) is 13.7 Å². The maximum absolute atomic E-state index is 12.9. The molecule has 0 aliphatic heterocycles. The van der Waals surface area contributed by atoms with Crippen LogP contribution in [0.25, 0.3) is 5.78 Å². The number of methoxy groups -OCH3 is 1. The van der Waals surface area contributed by atoms with Gasteiger partial charge in [-0.15, -0.1) is 6.58 Å². The van der Waals surface area contributed by atoms with Gasteiger partial charge >= 0.3 is 0 Å². The Hall–Kier alpha value is -3.22. The minimum absolute atomic E-state index is 0.0696. The predicted octanol–water partition coefficient (Wildman–Crippen LogP) is 2.90. The van der Waals surface area contributed by atoms with E-state index in [9.17, 15) is 4.79 Å². The molecule has 0 atom stereocenters. The van der Waals surface area contributed by atoms with Gasteiger partial charge in [0.05, 0.1) is 7.11 Å². The number of aromatic nitrogens is 4. The van der Waals surface area contributed by atoms with Crippen LogP contribution in [0.1, 0.15) is 28.9 Å². The van der Waals surface area contributed by atoms with Gasteiger partial charge in [0.15, 0.2) is 0 Å². The lowest BCUT2D eigenvalue weighted by Crippen LogP contribution is -2.31. The summed E-state index contributed by atoms with van der Waals surface area (Å²) in [6, 6.07) is 7.75. The Morgan fingerprint density at radius 1 is 1.36 bits per heavy atom. The van der Waals surface area contributed by atoms with E-state index in [2.05, 4.69) is 21.6 Å². The van der Waals surface area contributed by atoms with Crippen LogP contribution < -0.4 is 4.74 Å². The average molecular weight is 379 g/mol. The third kappa shape index (κ3) is 4.19. The molecule has 0 spiro atoms. The third-order valence-corrected chi connectivity index (χ3v) is 4.79. The van der Waals surface area contributed by atoms with Crippen molar-refractivity contribution in [2.24, 2.45) is 0 Å². The number of hydrogen-bond acceptors (Lipinski definition) is 5. The summed E-state index contributed by atoms with van der Waals surface area (Å²) >= 11 is 0. The quantitative estimate of drug-likeness (QED) is 0.563.